The summed E-state index contributed by atoms with van der Waals surface area (Å²) in [7, 11) is -7.69. The van der Waals surface area contributed by atoms with Crippen LogP contribution in [0.15, 0.2) is 12.2 Å². The van der Waals surface area contributed by atoms with E-state index in [1.165, 1.54) is 12.2 Å². The Labute approximate surface area is 87.5 Å². The Morgan fingerprint density at radius 3 is 1.77 bits per heavy atom. The number of hydrogen-bond donors (Lipinski definition) is 0. The molecular weight excluding hydrogens is 203 g/mol. The van der Waals surface area contributed by atoms with E-state index in [9.17, 15) is 25.9 Å². The SMILES string of the molecule is CC=CCS(=O)(=O)[O-].FB(F)F.[Li+]. The molecule has 0 aliphatic rings. The minimum Gasteiger partial charge on any atom is -0.748 e. The van der Waals surface area contributed by atoms with Crippen LogP contribution in [-0.2, 0) is 10.1 Å². The molecule has 0 aliphatic heterocycles. The fourth-order valence-electron chi connectivity index (χ4n) is 0.214. The van der Waals surface area contributed by atoms with Crippen molar-refractivity contribution in [1.82, 2.24) is 0 Å². The molecule has 0 bridgehead atoms. The molecule has 0 saturated carbocycles. The number of rotatable bonds is 2. The third-order valence-corrected chi connectivity index (χ3v) is 1.14. The van der Waals surface area contributed by atoms with Crippen LogP contribution in [0.1, 0.15) is 6.92 Å². The van der Waals surface area contributed by atoms with Crippen molar-refractivity contribution in [3.05, 3.63) is 12.2 Å². The van der Waals surface area contributed by atoms with Gasteiger partial charge < -0.3 is 4.55 Å². The molecule has 0 aromatic heterocycles. The summed E-state index contributed by atoms with van der Waals surface area (Å²) >= 11 is 0. The van der Waals surface area contributed by atoms with E-state index in [0.29, 0.717) is 0 Å². The van der Waals surface area contributed by atoms with Gasteiger partial charge in [-0.15, -0.1) is 0 Å². The van der Waals surface area contributed by atoms with Crippen LogP contribution in [0.5, 0.6) is 0 Å². The molecule has 0 aromatic rings. The van der Waals surface area contributed by atoms with Gasteiger partial charge in [-0.05, 0) is 6.92 Å². The van der Waals surface area contributed by atoms with Gasteiger partial charge in [-0.25, -0.2) is 8.42 Å². The van der Waals surface area contributed by atoms with E-state index in [0.717, 1.165) is 0 Å². The predicted octanol–water partition coefficient (Wildman–Crippen LogP) is -2.01. The van der Waals surface area contributed by atoms with Gasteiger partial charge in [0, 0.05) is 0 Å². The van der Waals surface area contributed by atoms with Crippen molar-refractivity contribution in [1.29, 1.82) is 0 Å². The quantitative estimate of drug-likeness (QED) is 0.300. The Morgan fingerprint density at radius 1 is 1.38 bits per heavy atom. The first-order valence-corrected chi connectivity index (χ1v) is 4.34. The van der Waals surface area contributed by atoms with Crippen LogP contribution in [0, 0.1) is 0 Å². The van der Waals surface area contributed by atoms with E-state index in [2.05, 4.69) is 0 Å². The van der Waals surface area contributed by atoms with Crippen molar-refractivity contribution < 1.29 is 44.8 Å². The minimum atomic E-state index is -4.02. The standard InChI is InChI=1S/C4H8O3S.BF3.Li/c1-2-3-4-8(5,6)7;2-1(3)4;/h2-3H,4H2,1H3,(H,5,6,7);;/q;;+1/p-1. The van der Waals surface area contributed by atoms with Gasteiger partial charge in [-0.1, -0.05) is 12.2 Å². The van der Waals surface area contributed by atoms with Gasteiger partial charge in [0.1, 0.15) is 0 Å². The van der Waals surface area contributed by atoms with Crippen LogP contribution in [0.3, 0.4) is 0 Å². The van der Waals surface area contributed by atoms with E-state index in [1.807, 2.05) is 0 Å². The van der Waals surface area contributed by atoms with Crippen LogP contribution in [0.4, 0.5) is 12.9 Å². The predicted molar refractivity (Wildman–Crippen MR) is 38.5 cm³/mol. The molecule has 0 radical (unpaired) electrons. The summed E-state index contributed by atoms with van der Waals surface area (Å²) in [5.41, 5.74) is 0. The van der Waals surface area contributed by atoms with Crippen LogP contribution in [0.2, 0.25) is 0 Å². The second-order valence-corrected chi connectivity index (χ2v) is 2.99. The molecule has 0 fully saturated rings. The Bertz CT molecular complexity index is 216. The van der Waals surface area contributed by atoms with E-state index >= 15 is 0 Å². The summed E-state index contributed by atoms with van der Waals surface area (Å²) in [4.78, 5) is 0. The zero-order chi connectivity index (χ0) is 10.2. The number of halogens is 3. The van der Waals surface area contributed by atoms with Crippen molar-refractivity contribution in [3.8, 4) is 0 Å². The van der Waals surface area contributed by atoms with Gasteiger partial charge in [0.15, 0.2) is 0 Å². The Balaban J connectivity index is -0.000000173. The van der Waals surface area contributed by atoms with E-state index < -0.39 is 23.4 Å². The van der Waals surface area contributed by atoms with Crippen LogP contribution in [0.25, 0.3) is 0 Å². The Kier molecular flexibility index (Phi) is 14.7. The van der Waals surface area contributed by atoms with E-state index in [1.54, 1.807) is 6.92 Å². The summed E-state index contributed by atoms with van der Waals surface area (Å²) in [5.74, 6) is -0.399. The Morgan fingerprint density at radius 2 is 1.69 bits per heavy atom. The zero-order valence-corrected chi connectivity index (χ0v) is 8.02. The van der Waals surface area contributed by atoms with Gasteiger partial charge in [0.05, 0.1) is 15.9 Å². The van der Waals surface area contributed by atoms with E-state index in [4.69, 9.17) is 0 Å². The first-order chi connectivity index (χ1) is 5.29. The molecule has 9 heteroatoms. The normalized spacial score (nSPS) is 9.92. The van der Waals surface area contributed by atoms with Crippen molar-refractivity contribution in [2.24, 2.45) is 0 Å². The molecule has 13 heavy (non-hydrogen) atoms. The van der Waals surface area contributed by atoms with Crippen LogP contribution >= 0.6 is 0 Å². The van der Waals surface area contributed by atoms with Gasteiger partial charge in [-0.2, -0.15) is 0 Å². The average Bonchev–Trinajstić information content (AvgIpc) is 1.80. The molecule has 0 aliphatic carbocycles. The fraction of sp³-hybridized carbons (Fsp3) is 0.500. The van der Waals surface area contributed by atoms with Crippen molar-refractivity contribution in [2.45, 2.75) is 6.92 Å². The number of allylic oxidation sites excluding steroid dienone is 1. The first-order valence-electron chi connectivity index (χ1n) is 2.76. The van der Waals surface area contributed by atoms with Crippen LogP contribution in [-0.4, -0.2) is 26.3 Å². The van der Waals surface area contributed by atoms with Crippen molar-refractivity contribution in [2.75, 3.05) is 5.75 Å². The van der Waals surface area contributed by atoms with E-state index in [-0.39, 0.29) is 18.9 Å². The minimum absolute atomic E-state index is 0. The van der Waals surface area contributed by atoms with Crippen LogP contribution < -0.4 is 18.9 Å². The second-order valence-electron chi connectivity index (χ2n) is 1.54. The molecular formula is C4H7BF3LiO3S. The largest absolute Gasteiger partial charge is 1.00 e. The molecule has 0 rings (SSSR count). The monoisotopic (exact) mass is 210 g/mol. The molecule has 0 spiro atoms. The molecule has 0 unspecified atom stereocenters. The molecule has 0 amide bonds. The summed E-state index contributed by atoms with van der Waals surface area (Å²) < 4.78 is 58.4. The fourth-order valence-corrected chi connectivity index (χ4v) is 0.642. The molecule has 3 nitrogen and oxygen atoms in total. The van der Waals surface area contributed by atoms with Crippen molar-refractivity contribution in [3.63, 3.8) is 0 Å². The second kappa shape index (κ2) is 10.2. The van der Waals surface area contributed by atoms with Gasteiger partial charge in [0.25, 0.3) is 0 Å². The molecule has 0 heterocycles. The summed E-state index contributed by atoms with van der Waals surface area (Å²) in [6, 6.07) is 0. The summed E-state index contributed by atoms with van der Waals surface area (Å²) in [6.45, 7) is 1.66. The van der Waals surface area contributed by atoms with Gasteiger partial charge >= 0.3 is 26.4 Å². The average molecular weight is 210 g/mol. The number of hydrogen-bond acceptors (Lipinski definition) is 3. The molecule has 0 saturated heterocycles. The smallest absolute Gasteiger partial charge is 0.748 e. The zero-order valence-electron chi connectivity index (χ0n) is 7.21. The van der Waals surface area contributed by atoms with Crippen molar-refractivity contribution >= 4 is 17.7 Å². The molecule has 0 atom stereocenters. The summed E-state index contributed by atoms with van der Waals surface area (Å²) in [5, 5.41) is 0. The van der Waals surface area contributed by atoms with Gasteiger partial charge in [0.2, 0.25) is 0 Å². The summed E-state index contributed by atoms with van der Waals surface area (Å²) in [6.07, 6.45) is 2.83. The molecule has 0 aromatic carbocycles. The topological polar surface area (TPSA) is 57.2 Å². The Hall–Kier alpha value is 0.102. The maximum atomic E-state index is 9.78. The maximum absolute atomic E-state index is 9.78. The third-order valence-electron chi connectivity index (χ3n) is 0.536. The van der Waals surface area contributed by atoms with Gasteiger partial charge in [-0.3, -0.25) is 12.9 Å². The maximum Gasteiger partial charge on any atom is 1.00 e. The molecule has 0 N–H and O–H groups in total. The third kappa shape index (κ3) is 47.4. The first kappa shape index (κ1) is 18.8. The molecule has 72 valence electrons.